The molecule has 3 aromatic carbocycles. The van der Waals surface area contributed by atoms with E-state index in [0.29, 0.717) is 15.6 Å². The molecule has 9 heteroatoms. The van der Waals surface area contributed by atoms with Gasteiger partial charge in [-0.1, -0.05) is 77.8 Å². The third-order valence-electron chi connectivity index (χ3n) is 5.98. The van der Waals surface area contributed by atoms with Gasteiger partial charge in [-0.05, 0) is 40.8 Å². The molecule has 2 amide bonds. The molecule has 1 atom stereocenters. The molecular weight excluding hydrogens is 503 g/mol. The van der Waals surface area contributed by atoms with E-state index in [-0.39, 0.29) is 32.0 Å². The number of primary amides is 1. The van der Waals surface area contributed by atoms with Gasteiger partial charge in [0.2, 0.25) is 5.91 Å². The van der Waals surface area contributed by atoms with Crippen LogP contribution in [0.25, 0.3) is 11.1 Å². The van der Waals surface area contributed by atoms with Crippen LogP contribution in [0.1, 0.15) is 35.4 Å². The molecule has 0 unspecified atom stereocenters. The molecule has 0 aromatic heterocycles. The molecule has 0 saturated heterocycles. The average Bonchev–Trinajstić information content (AvgIpc) is 3.18. The first-order valence-electron chi connectivity index (χ1n) is 11.3. The van der Waals surface area contributed by atoms with Crippen LogP contribution in [0.5, 0.6) is 0 Å². The van der Waals surface area contributed by atoms with E-state index in [9.17, 15) is 14.4 Å². The first-order valence-corrected chi connectivity index (χ1v) is 12.1. The molecule has 1 aliphatic rings. The average molecular weight is 527 g/mol. The van der Waals surface area contributed by atoms with Gasteiger partial charge in [0.25, 0.3) is 0 Å². The SMILES string of the molecule is NC(=O)CC[C@H](NC(=O)OCC1c2ccccc2-c2ccccc21)C(=O)OCc1ccc(Cl)cc1Cl. The van der Waals surface area contributed by atoms with Gasteiger partial charge < -0.3 is 20.5 Å². The van der Waals surface area contributed by atoms with Crippen molar-refractivity contribution in [1.29, 1.82) is 0 Å². The minimum Gasteiger partial charge on any atom is -0.459 e. The van der Waals surface area contributed by atoms with Crippen molar-refractivity contribution in [3.8, 4) is 11.1 Å². The summed E-state index contributed by atoms with van der Waals surface area (Å²) >= 11 is 12.0. The molecular formula is C27H24Cl2N2O5. The Morgan fingerprint density at radius 1 is 0.917 bits per heavy atom. The molecule has 3 aromatic rings. The van der Waals surface area contributed by atoms with Gasteiger partial charge in [-0.25, -0.2) is 9.59 Å². The summed E-state index contributed by atoms with van der Waals surface area (Å²) in [5, 5.41) is 3.30. The summed E-state index contributed by atoms with van der Waals surface area (Å²) < 4.78 is 10.8. The quantitative estimate of drug-likeness (QED) is 0.372. The smallest absolute Gasteiger partial charge is 0.407 e. The van der Waals surface area contributed by atoms with E-state index in [1.54, 1.807) is 12.1 Å². The molecule has 186 valence electrons. The highest BCUT2D eigenvalue weighted by Crippen LogP contribution is 2.44. The number of benzene rings is 3. The second-order valence-corrected chi connectivity index (χ2v) is 9.21. The lowest BCUT2D eigenvalue weighted by molar-refractivity contribution is -0.147. The maximum absolute atomic E-state index is 12.7. The van der Waals surface area contributed by atoms with Crippen molar-refractivity contribution in [1.82, 2.24) is 5.32 Å². The lowest BCUT2D eigenvalue weighted by atomic mass is 9.98. The Hall–Kier alpha value is -3.55. The summed E-state index contributed by atoms with van der Waals surface area (Å²) in [5.41, 5.74) is 10.1. The first kappa shape index (κ1) is 25.5. The largest absolute Gasteiger partial charge is 0.459 e. The fourth-order valence-electron chi connectivity index (χ4n) is 4.21. The lowest BCUT2D eigenvalue weighted by Crippen LogP contribution is -2.43. The number of hydrogen-bond donors (Lipinski definition) is 2. The highest BCUT2D eigenvalue weighted by atomic mass is 35.5. The molecule has 0 bridgehead atoms. The molecule has 36 heavy (non-hydrogen) atoms. The Kier molecular flexibility index (Phi) is 8.13. The zero-order chi connectivity index (χ0) is 25.7. The minimum absolute atomic E-state index is 0.0350. The summed E-state index contributed by atoms with van der Waals surface area (Å²) in [6, 6.07) is 19.6. The number of esters is 1. The highest BCUT2D eigenvalue weighted by Gasteiger charge is 2.30. The van der Waals surface area contributed by atoms with Gasteiger partial charge in [0.1, 0.15) is 19.3 Å². The molecule has 7 nitrogen and oxygen atoms in total. The number of alkyl carbamates (subject to hydrolysis) is 1. The number of halogens is 2. The van der Waals surface area contributed by atoms with Crippen LogP contribution in [0, 0.1) is 0 Å². The minimum atomic E-state index is -1.13. The van der Waals surface area contributed by atoms with Crippen LogP contribution in [0.4, 0.5) is 4.79 Å². The van der Waals surface area contributed by atoms with E-state index in [4.69, 9.17) is 38.4 Å². The Morgan fingerprint density at radius 3 is 2.17 bits per heavy atom. The summed E-state index contributed by atoms with van der Waals surface area (Å²) in [4.78, 5) is 36.7. The summed E-state index contributed by atoms with van der Waals surface area (Å²) in [6.07, 6.45) is -0.953. The number of ether oxygens (including phenoxy) is 2. The Balaban J connectivity index is 1.39. The maximum Gasteiger partial charge on any atom is 0.407 e. The van der Waals surface area contributed by atoms with Crippen LogP contribution in [0.3, 0.4) is 0 Å². The fraction of sp³-hybridized carbons (Fsp3) is 0.222. The van der Waals surface area contributed by atoms with Gasteiger partial charge in [0, 0.05) is 27.9 Å². The predicted octanol–water partition coefficient (Wildman–Crippen LogP) is 5.21. The molecule has 0 saturated carbocycles. The Morgan fingerprint density at radius 2 is 1.56 bits per heavy atom. The molecule has 1 aliphatic carbocycles. The Labute approximate surface area is 218 Å². The van der Waals surface area contributed by atoms with Crippen molar-refractivity contribution in [2.45, 2.75) is 31.4 Å². The molecule has 0 radical (unpaired) electrons. The highest BCUT2D eigenvalue weighted by molar-refractivity contribution is 6.35. The van der Waals surface area contributed by atoms with E-state index < -0.39 is 24.0 Å². The van der Waals surface area contributed by atoms with E-state index in [2.05, 4.69) is 5.32 Å². The van der Waals surface area contributed by atoms with Crippen LogP contribution in [0.2, 0.25) is 10.0 Å². The summed E-state index contributed by atoms with van der Waals surface area (Å²) in [6.45, 7) is -0.0495. The molecule has 0 heterocycles. The van der Waals surface area contributed by atoms with Gasteiger partial charge in [-0.3, -0.25) is 4.79 Å². The van der Waals surface area contributed by atoms with Crippen LogP contribution >= 0.6 is 23.2 Å². The normalized spacial score (nSPS) is 12.8. The monoisotopic (exact) mass is 526 g/mol. The third kappa shape index (κ3) is 5.98. The number of carbonyl (C=O) groups excluding carboxylic acids is 3. The van der Waals surface area contributed by atoms with Crippen molar-refractivity contribution in [2.24, 2.45) is 5.73 Å². The topological polar surface area (TPSA) is 108 Å². The number of amides is 2. The second kappa shape index (κ2) is 11.5. The van der Waals surface area contributed by atoms with Crippen molar-refractivity contribution in [3.63, 3.8) is 0 Å². The van der Waals surface area contributed by atoms with Crippen molar-refractivity contribution >= 4 is 41.2 Å². The first-order chi connectivity index (χ1) is 17.3. The number of nitrogens with one attached hydrogen (secondary N) is 1. The standard InChI is InChI=1S/C27H24Cl2N2O5/c28-17-10-9-16(23(29)13-17)14-35-26(33)24(11-12-25(30)32)31-27(34)36-15-22-20-7-3-1-5-18(20)19-6-2-4-8-21(19)22/h1-10,13,22,24H,11-12,14-15H2,(H2,30,32)(H,31,34)/t24-/m0/s1. The molecule has 0 aliphatic heterocycles. The number of nitrogens with two attached hydrogens (primary N) is 1. The number of fused-ring (bicyclic) bond motifs is 3. The molecule has 4 rings (SSSR count). The van der Waals surface area contributed by atoms with Gasteiger partial charge in [0.05, 0.1) is 0 Å². The molecule has 0 fully saturated rings. The zero-order valence-corrected chi connectivity index (χ0v) is 20.7. The van der Waals surface area contributed by atoms with Crippen molar-refractivity contribution < 1.29 is 23.9 Å². The van der Waals surface area contributed by atoms with Gasteiger partial charge in [-0.15, -0.1) is 0 Å². The third-order valence-corrected chi connectivity index (χ3v) is 6.57. The van der Waals surface area contributed by atoms with Crippen LogP contribution in [-0.4, -0.2) is 30.6 Å². The van der Waals surface area contributed by atoms with Crippen LogP contribution in [-0.2, 0) is 25.7 Å². The van der Waals surface area contributed by atoms with Gasteiger partial charge >= 0.3 is 12.1 Å². The number of rotatable bonds is 9. The predicted molar refractivity (Wildman–Crippen MR) is 137 cm³/mol. The summed E-state index contributed by atoms with van der Waals surface area (Å²) in [7, 11) is 0. The lowest BCUT2D eigenvalue weighted by Gasteiger charge is -2.19. The summed E-state index contributed by atoms with van der Waals surface area (Å²) in [5.74, 6) is -1.48. The maximum atomic E-state index is 12.7. The number of hydrogen-bond acceptors (Lipinski definition) is 5. The second-order valence-electron chi connectivity index (χ2n) is 8.37. The molecule has 3 N–H and O–H groups in total. The number of carbonyl (C=O) groups is 3. The Bertz CT molecular complexity index is 1250. The zero-order valence-electron chi connectivity index (χ0n) is 19.2. The van der Waals surface area contributed by atoms with E-state index >= 15 is 0 Å². The van der Waals surface area contributed by atoms with Crippen LogP contribution in [0.15, 0.2) is 66.7 Å². The van der Waals surface area contributed by atoms with Crippen molar-refractivity contribution in [2.75, 3.05) is 6.61 Å². The van der Waals surface area contributed by atoms with E-state index in [0.717, 1.165) is 22.3 Å². The van der Waals surface area contributed by atoms with Gasteiger partial charge in [-0.2, -0.15) is 0 Å². The van der Waals surface area contributed by atoms with Gasteiger partial charge in [0.15, 0.2) is 0 Å². The van der Waals surface area contributed by atoms with E-state index in [1.165, 1.54) is 6.07 Å². The van der Waals surface area contributed by atoms with Crippen molar-refractivity contribution in [3.05, 3.63) is 93.5 Å². The van der Waals surface area contributed by atoms with E-state index in [1.807, 2.05) is 48.5 Å². The van der Waals surface area contributed by atoms with Crippen LogP contribution < -0.4 is 11.1 Å². The fourth-order valence-corrected chi connectivity index (χ4v) is 4.67. The molecule has 0 spiro atoms.